The summed E-state index contributed by atoms with van der Waals surface area (Å²) in [6, 6.07) is 6.31. The molecule has 1 aliphatic rings. The minimum absolute atomic E-state index is 0.271. The van der Waals surface area contributed by atoms with E-state index in [0.29, 0.717) is 6.42 Å². The summed E-state index contributed by atoms with van der Waals surface area (Å²) in [5.41, 5.74) is 2.45. The minimum atomic E-state index is 0.271. The number of nitrogens with zero attached hydrogens (tertiary/aromatic N) is 1. The first-order valence-electron chi connectivity index (χ1n) is 6.40. The predicted octanol–water partition coefficient (Wildman–Crippen LogP) is 2.12. The summed E-state index contributed by atoms with van der Waals surface area (Å²) >= 11 is 3.53. The normalized spacial score (nSPS) is 15.8. The van der Waals surface area contributed by atoms with Gasteiger partial charge in [0.15, 0.2) is 0 Å². The Labute approximate surface area is 117 Å². The molecule has 3 nitrogen and oxygen atoms in total. The molecule has 1 saturated heterocycles. The van der Waals surface area contributed by atoms with Crippen molar-refractivity contribution in [2.24, 2.45) is 0 Å². The zero-order valence-corrected chi connectivity index (χ0v) is 12.3. The maximum absolute atomic E-state index is 12.0. The average Bonchev–Trinajstić information content (AvgIpc) is 2.41. The Morgan fingerprint density at radius 1 is 1.39 bits per heavy atom. The second-order valence-electron chi connectivity index (χ2n) is 4.71. The second-order valence-corrected chi connectivity index (χ2v) is 5.57. The third-order valence-corrected chi connectivity index (χ3v) is 4.19. The fourth-order valence-electron chi connectivity index (χ4n) is 2.12. The standard InChI is InChI=1S/C14H19BrN2O/c1-11-2-3-12(10-13(11)15)4-5-14(18)17-8-6-16-7-9-17/h2-3,10,16H,4-9H2,1H3. The molecule has 4 heteroatoms. The van der Waals surface area contributed by atoms with Crippen LogP contribution in [0, 0.1) is 6.92 Å². The molecule has 18 heavy (non-hydrogen) atoms. The first kappa shape index (κ1) is 13.6. The number of aryl methyl sites for hydroxylation is 2. The Bertz CT molecular complexity index is 428. The van der Waals surface area contributed by atoms with E-state index in [0.717, 1.165) is 37.1 Å². The van der Waals surface area contributed by atoms with E-state index in [4.69, 9.17) is 0 Å². The third kappa shape index (κ3) is 3.56. The molecular weight excluding hydrogens is 292 g/mol. The number of hydrogen-bond donors (Lipinski definition) is 1. The van der Waals surface area contributed by atoms with Gasteiger partial charge in [-0.05, 0) is 30.5 Å². The second kappa shape index (κ2) is 6.34. The van der Waals surface area contributed by atoms with Gasteiger partial charge in [0.2, 0.25) is 5.91 Å². The average molecular weight is 311 g/mol. The van der Waals surface area contributed by atoms with Gasteiger partial charge >= 0.3 is 0 Å². The summed E-state index contributed by atoms with van der Waals surface area (Å²) in [6.45, 7) is 5.59. The predicted molar refractivity (Wildman–Crippen MR) is 76.6 cm³/mol. The zero-order valence-electron chi connectivity index (χ0n) is 10.7. The van der Waals surface area contributed by atoms with E-state index in [1.807, 2.05) is 4.90 Å². The molecule has 1 aromatic rings. The lowest BCUT2D eigenvalue weighted by atomic mass is 10.1. The van der Waals surface area contributed by atoms with Crippen molar-refractivity contribution >= 4 is 21.8 Å². The summed E-state index contributed by atoms with van der Waals surface area (Å²) in [6.07, 6.45) is 1.43. The molecule has 1 fully saturated rings. The van der Waals surface area contributed by atoms with Gasteiger partial charge in [-0.1, -0.05) is 28.1 Å². The number of amides is 1. The van der Waals surface area contributed by atoms with Crippen molar-refractivity contribution in [2.75, 3.05) is 26.2 Å². The van der Waals surface area contributed by atoms with Crippen LogP contribution >= 0.6 is 15.9 Å². The van der Waals surface area contributed by atoms with E-state index in [1.54, 1.807) is 0 Å². The highest BCUT2D eigenvalue weighted by atomic mass is 79.9. The van der Waals surface area contributed by atoms with Gasteiger partial charge in [0.25, 0.3) is 0 Å². The smallest absolute Gasteiger partial charge is 0.222 e. The Hall–Kier alpha value is -0.870. The number of carbonyl (C=O) groups is 1. The van der Waals surface area contributed by atoms with Crippen LogP contribution in [0.5, 0.6) is 0 Å². The van der Waals surface area contributed by atoms with Crippen LogP contribution in [0.1, 0.15) is 17.5 Å². The van der Waals surface area contributed by atoms with Crippen LogP contribution in [-0.4, -0.2) is 37.0 Å². The number of halogens is 1. The number of carbonyl (C=O) groups excluding carboxylic acids is 1. The monoisotopic (exact) mass is 310 g/mol. The lowest BCUT2D eigenvalue weighted by Gasteiger charge is -2.27. The molecule has 1 aliphatic heterocycles. The molecule has 0 bridgehead atoms. The van der Waals surface area contributed by atoms with Gasteiger partial charge in [0.1, 0.15) is 0 Å². The number of piperazine rings is 1. The Balaban J connectivity index is 1.86. The topological polar surface area (TPSA) is 32.3 Å². The molecule has 0 radical (unpaired) electrons. The highest BCUT2D eigenvalue weighted by Gasteiger charge is 2.15. The largest absolute Gasteiger partial charge is 0.340 e. The van der Waals surface area contributed by atoms with Crippen molar-refractivity contribution in [3.63, 3.8) is 0 Å². The van der Waals surface area contributed by atoms with E-state index in [2.05, 4.69) is 46.4 Å². The maximum Gasteiger partial charge on any atom is 0.222 e. The molecule has 1 aromatic carbocycles. The molecular formula is C14H19BrN2O. The van der Waals surface area contributed by atoms with Gasteiger partial charge in [-0.25, -0.2) is 0 Å². The Kier molecular flexibility index (Phi) is 4.78. The van der Waals surface area contributed by atoms with Crippen molar-refractivity contribution in [3.8, 4) is 0 Å². The van der Waals surface area contributed by atoms with E-state index >= 15 is 0 Å². The molecule has 1 amide bonds. The van der Waals surface area contributed by atoms with Gasteiger partial charge in [0.05, 0.1) is 0 Å². The molecule has 2 rings (SSSR count). The first-order chi connectivity index (χ1) is 8.66. The molecule has 0 saturated carbocycles. The highest BCUT2D eigenvalue weighted by molar-refractivity contribution is 9.10. The minimum Gasteiger partial charge on any atom is -0.340 e. The van der Waals surface area contributed by atoms with Crippen LogP contribution < -0.4 is 5.32 Å². The van der Waals surface area contributed by atoms with Crippen molar-refractivity contribution in [3.05, 3.63) is 33.8 Å². The summed E-state index contributed by atoms with van der Waals surface area (Å²) < 4.78 is 1.12. The van der Waals surface area contributed by atoms with Crippen molar-refractivity contribution in [1.29, 1.82) is 0 Å². The fourth-order valence-corrected chi connectivity index (χ4v) is 2.54. The summed E-state index contributed by atoms with van der Waals surface area (Å²) in [7, 11) is 0. The first-order valence-corrected chi connectivity index (χ1v) is 7.19. The van der Waals surface area contributed by atoms with Gasteiger partial charge in [0, 0.05) is 37.1 Å². The van der Waals surface area contributed by atoms with E-state index < -0.39 is 0 Å². The molecule has 0 aromatic heterocycles. The maximum atomic E-state index is 12.0. The molecule has 1 heterocycles. The Morgan fingerprint density at radius 3 is 2.78 bits per heavy atom. The summed E-state index contributed by atoms with van der Waals surface area (Å²) in [5.74, 6) is 0.271. The molecule has 1 N–H and O–H groups in total. The molecule has 0 aliphatic carbocycles. The molecule has 0 atom stereocenters. The third-order valence-electron chi connectivity index (χ3n) is 3.33. The van der Waals surface area contributed by atoms with Crippen LogP contribution in [0.4, 0.5) is 0 Å². The fraction of sp³-hybridized carbons (Fsp3) is 0.500. The van der Waals surface area contributed by atoms with Gasteiger partial charge in [-0.2, -0.15) is 0 Å². The van der Waals surface area contributed by atoms with Crippen LogP contribution in [-0.2, 0) is 11.2 Å². The molecule has 98 valence electrons. The van der Waals surface area contributed by atoms with Crippen LogP contribution in [0.3, 0.4) is 0 Å². The highest BCUT2D eigenvalue weighted by Crippen LogP contribution is 2.18. The lowest BCUT2D eigenvalue weighted by molar-refractivity contribution is -0.131. The van der Waals surface area contributed by atoms with Crippen LogP contribution in [0.25, 0.3) is 0 Å². The number of nitrogens with one attached hydrogen (secondary N) is 1. The SMILES string of the molecule is Cc1ccc(CCC(=O)N2CCNCC2)cc1Br. The van der Waals surface area contributed by atoms with E-state index in [9.17, 15) is 4.79 Å². The number of hydrogen-bond acceptors (Lipinski definition) is 2. The van der Waals surface area contributed by atoms with Crippen molar-refractivity contribution in [1.82, 2.24) is 10.2 Å². The van der Waals surface area contributed by atoms with E-state index in [1.165, 1.54) is 11.1 Å². The van der Waals surface area contributed by atoms with Crippen LogP contribution in [0.15, 0.2) is 22.7 Å². The Morgan fingerprint density at radius 2 is 2.11 bits per heavy atom. The van der Waals surface area contributed by atoms with Gasteiger partial charge in [-0.3, -0.25) is 4.79 Å². The summed E-state index contributed by atoms with van der Waals surface area (Å²) in [4.78, 5) is 14.0. The van der Waals surface area contributed by atoms with Crippen molar-refractivity contribution in [2.45, 2.75) is 19.8 Å². The quantitative estimate of drug-likeness (QED) is 0.927. The van der Waals surface area contributed by atoms with Gasteiger partial charge < -0.3 is 10.2 Å². The molecule has 0 spiro atoms. The summed E-state index contributed by atoms with van der Waals surface area (Å²) in [5, 5.41) is 3.26. The lowest BCUT2D eigenvalue weighted by Crippen LogP contribution is -2.46. The number of rotatable bonds is 3. The molecule has 0 unspecified atom stereocenters. The zero-order chi connectivity index (χ0) is 13.0. The van der Waals surface area contributed by atoms with Gasteiger partial charge in [-0.15, -0.1) is 0 Å². The van der Waals surface area contributed by atoms with E-state index in [-0.39, 0.29) is 5.91 Å². The number of benzene rings is 1. The van der Waals surface area contributed by atoms with Crippen LogP contribution in [0.2, 0.25) is 0 Å². The van der Waals surface area contributed by atoms with Crippen molar-refractivity contribution < 1.29 is 4.79 Å².